The van der Waals surface area contributed by atoms with Crippen LogP contribution in [0.25, 0.3) is 21.6 Å². The molecule has 1 aliphatic rings. The van der Waals surface area contributed by atoms with Gasteiger partial charge in [0.2, 0.25) is 0 Å². The van der Waals surface area contributed by atoms with Gasteiger partial charge in [0.25, 0.3) is 0 Å². The molecular weight excluding hydrogens is 302 g/mol. The van der Waals surface area contributed by atoms with Crippen molar-refractivity contribution in [1.82, 2.24) is 15.0 Å². The van der Waals surface area contributed by atoms with E-state index in [1.807, 2.05) is 17.6 Å². The Bertz CT molecular complexity index is 812. The predicted molar refractivity (Wildman–Crippen MR) is 86.9 cm³/mol. The maximum absolute atomic E-state index is 6.40. The van der Waals surface area contributed by atoms with Gasteiger partial charge in [-0.3, -0.25) is 4.98 Å². The van der Waals surface area contributed by atoms with E-state index in [9.17, 15) is 0 Å². The fourth-order valence-electron chi connectivity index (χ4n) is 2.82. The van der Waals surface area contributed by atoms with E-state index in [0.29, 0.717) is 11.0 Å². The Balaban J connectivity index is 1.84. The highest BCUT2D eigenvalue weighted by Crippen LogP contribution is 2.29. The van der Waals surface area contributed by atoms with Gasteiger partial charge in [-0.15, -0.1) is 11.3 Å². The maximum Gasteiger partial charge on any atom is 0.162 e. The summed E-state index contributed by atoms with van der Waals surface area (Å²) < 4.78 is 1.15. The predicted octanol–water partition coefficient (Wildman–Crippen LogP) is 4.68. The molecule has 3 aromatic rings. The second-order valence-corrected chi connectivity index (χ2v) is 6.66. The molecule has 0 radical (unpaired) electrons. The highest BCUT2D eigenvalue weighted by molar-refractivity contribution is 7.17. The second-order valence-electron chi connectivity index (χ2n) is 5.35. The van der Waals surface area contributed by atoms with Gasteiger partial charge in [0.15, 0.2) is 5.82 Å². The first kappa shape index (κ1) is 13.2. The van der Waals surface area contributed by atoms with Crippen LogP contribution < -0.4 is 0 Å². The summed E-state index contributed by atoms with van der Waals surface area (Å²) in [5, 5.41) is 2.66. The monoisotopic (exact) mass is 315 g/mol. The number of hydrogen-bond acceptors (Lipinski definition) is 4. The number of nitrogens with zero attached hydrogens (tertiary/aromatic N) is 3. The largest absolute Gasteiger partial charge is 0.255 e. The highest BCUT2D eigenvalue weighted by Gasteiger charge is 2.16. The molecule has 1 aliphatic carbocycles. The van der Waals surface area contributed by atoms with Crippen LogP contribution in [-0.2, 0) is 12.8 Å². The fraction of sp³-hybridized carbons (Fsp3) is 0.312. The molecule has 106 valence electrons. The van der Waals surface area contributed by atoms with E-state index >= 15 is 0 Å². The van der Waals surface area contributed by atoms with Gasteiger partial charge in [0, 0.05) is 23.0 Å². The van der Waals surface area contributed by atoms with Gasteiger partial charge in [-0.1, -0.05) is 18.0 Å². The van der Waals surface area contributed by atoms with E-state index in [-0.39, 0.29) is 0 Å². The Morgan fingerprint density at radius 2 is 2.00 bits per heavy atom. The molecule has 21 heavy (non-hydrogen) atoms. The summed E-state index contributed by atoms with van der Waals surface area (Å²) in [4.78, 5) is 13.7. The van der Waals surface area contributed by atoms with E-state index < -0.39 is 0 Å². The topological polar surface area (TPSA) is 38.7 Å². The third-order valence-electron chi connectivity index (χ3n) is 3.94. The number of rotatable bonds is 1. The van der Waals surface area contributed by atoms with Crippen molar-refractivity contribution in [3.05, 3.63) is 40.1 Å². The van der Waals surface area contributed by atoms with Crippen LogP contribution in [0, 0.1) is 0 Å². The SMILES string of the molecule is Clc1nc(-c2cnc3ccsc3c2)nc2c1CCCCC2. The average Bonchev–Trinajstić information content (AvgIpc) is 2.83. The lowest BCUT2D eigenvalue weighted by atomic mass is 10.1. The first-order valence-electron chi connectivity index (χ1n) is 7.20. The second kappa shape index (κ2) is 5.35. The summed E-state index contributed by atoms with van der Waals surface area (Å²) in [6.07, 6.45) is 7.44. The third-order valence-corrected chi connectivity index (χ3v) is 5.11. The molecular formula is C16H14ClN3S. The van der Waals surface area contributed by atoms with Crippen LogP contribution in [0.3, 0.4) is 0 Å². The zero-order valence-electron chi connectivity index (χ0n) is 11.5. The first-order valence-corrected chi connectivity index (χ1v) is 8.46. The number of aromatic nitrogens is 3. The first-order chi connectivity index (χ1) is 10.3. The van der Waals surface area contributed by atoms with E-state index in [2.05, 4.69) is 16.0 Å². The minimum atomic E-state index is 0.614. The van der Waals surface area contributed by atoms with Crippen molar-refractivity contribution in [3.63, 3.8) is 0 Å². The van der Waals surface area contributed by atoms with Crippen LogP contribution in [0.4, 0.5) is 0 Å². The van der Waals surface area contributed by atoms with Crippen molar-refractivity contribution >= 4 is 33.2 Å². The molecule has 4 rings (SSSR count). The van der Waals surface area contributed by atoms with Gasteiger partial charge in [-0.05, 0) is 43.2 Å². The lowest BCUT2D eigenvalue weighted by Gasteiger charge is -2.09. The van der Waals surface area contributed by atoms with E-state index in [0.717, 1.165) is 39.9 Å². The lowest BCUT2D eigenvalue weighted by molar-refractivity contribution is 0.709. The van der Waals surface area contributed by atoms with Gasteiger partial charge in [0.1, 0.15) is 5.15 Å². The Hall–Kier alpha value is -1.52. The average molecular weight is 316 g/mol. The minimum Gasteiger partial charge on any atom is -0.255 e. The van der Waals surface area contributed by atoms with Crippen LogP contribution in [0.5, 0.6) is 0 Å². The van der Waals surface area contributed by atoms with Crippen molar-refractivity contribution in [2.24, 2.45) is 0 Å². The molecule has 5 heteroatoms. The van der Waals surface area contributed by atoms with Crippen LogP contribution in [-0.4, -0.2) is 15.0 Å². The van der Waals surface area contributed by atoms with E-state index in [1.54, 1.807) is 11.3 Å². The molecule has 3 aromatic heterocycles. The Kier molecular flexibility index (Phi) is 3.36. The lowest BCUT2D eigenvalue weighted by Crippen LogP contribution is -2.02. The van der Waals surface area contributed by atoms with Crippen molar-refractivity contribution in [1.29, 1.82) is 0 Å². The van der Waals surface area contributed by atoms with Crippen molar-refractivity contribution in [2.75, 3.05) is 0 Å². The molecule has 3 nitrogen and oxygen atoms in total. The van der Waals surface area contributed by atoms with Crippen molar-refractivity contribution in [2.45, 2.75) is 32.1 Å². The normalized spacial score (nSPS) is 14.9. The molecule has 0 bridgehead atoms. The zero-order valence-corrected chi connectivity index (χ0v) is 13.0. The summed E-state index contributed by atoms with van der Waals surface area (Å²) in [6, 6.07) is 4.12. The van der Waals surface area contributed by atoms with Gasteiger partial charge in [0.05, 0.1) is 10.2 Å². The third kappa shape index (κ3) is 2.43. The standard InChI is InChI=1S/C16H14ClN3S/c17-15-11-4-2-1-3-5-12(11)19-16(20-15)10-8-14-13(18-9-10)6-7-21-14/h6-9H,1-5H2. The molecule has 0 fully saturated rings. The summed E-state index contributed by atoms with van der Waals surface area (Å²) in [5.74, 6) is 0.698. The number of hydrogen-bond donors (Lipinski definition) is 0. The molecule has 3 heterocycles. The molecule has 0 N–H and O–H groups in total. The van der Waals surface area contributed by atoms with Crippen LogP contribution >= 0.6 is 22.9 Å². The van der Waals surface area contributed by atoms with E-state index in [4.69, 9.17) is 16.6 Å². The quantitative estimate of drug-likeness (QED) is 0.483. The Labute approximate surface area is 132 Å². The molecule has 0 spiro atoms. The zero-order chi connectivity index (χ0) is 14.2. The molecule has 0 aromatic carbocycles. The molecule has 0 saturated carbocycles. The Morgan fingerprint density at radius 3 is 2.95 bits per heavy atom. The Morgan fingerprint density at radius 1 is 1.10 bits per heavy atom. The van der Waals surface area contributed by atoms with Crippen molar-refractivity contribution in [3.8, 4) is 11.4 Å². The summed E-state index contributed by atoms with van der Waals surface area (Å²) in [5.41, 5.74) is 4.22. The molecule has 0 saturated heterocycles. The maximum atomic E-state index is 6.40. The summed E-state index contributed by atoms with van der Waals surface area (Å²) >= 11 is 8.08. The van der Waals surface area contributed by atoms with Gasteiger partial charge in [-0.2, -0.15) is 0 Å². The minimum absolute atomic E-state index is 0.614. The van der Waals surface area contributed by atoms with Crippen LogP contribution in [0.2, 0.25) is 5.15 Å². The number of pyridine rings is 1. The smallest absolute Gasteiger partial charge is 0.162 e. The van der Waals surface area contributed by atoms with Gasteiger partial charge < -0.3 is 0 Å². The van der Waals surface area contributed by atoms with Gasteiger partial charge in [-0.25, -0.2) is 9.97 Å². The fourth-order valence-corrected chi connectivity index (χ4v) is 3.89. The number of aryl methyl sites for hydroxylation is 1. The van der Waals surface area contributed by atoms with E-state index in [1.165, 1.54) is 19.3 Å². The van der Waals surface area contributed by atoms with Crippen LogP contribution in [0.15, 0.2) is 23.7 Å². The van der Waals surface area contributed by atoms with Crippen LogP contribution in [0.1, 0.15) is 30.5 Å². The van der Waals surface area contributed by atoms with Crippen molar-refractivity contribution < 1.29 is 0 Å². The molecule has 0 amide bonds. The van der Waals surface area contributed by atoms with Gasteiger partial charge >= 0.3 is 0 Å². The molecule has 0 unspecified atom stereocenters. The number of thiophene rings is 1. The highest BCUT2D eigenvalue weighted by atomic mass is 35.5. The summed E-state index contributed by atoms with van der Waals surface area (Å²) in [7, 11) is 0. The molecule has 0 atom stereocenters. The number of fused-ring (bicyclic) bond motifs is 2. The summed E-state index contributed by atoms with van der Waals surface area (Å²) in [6.45, 7) is 0. The number of halogens is 1. The molecule has 0 aliphatic heterocycles.